The van der Waals surface area contributed by atoms with Crippen molar-refractivity contribution in [1.29, 1.82) is 0 Å². The maximum absolute atomic E-state index is 13.0. The van der Waals surface area contributed by atoms with Crippen LogP contribution in [0.5, 0.6) is 0 Å². The van der Waals surface area contributed by atoms with Crippen molar-refractivity contribution >= 4 is 68.1 Å². The molecule has 1 aromatic heterocycles. The summed E-state index contributed by atoms with van der Waals surface area (Å²) in [6.07, 6.45) is 11.2. The first kappa shape index (κ1) is 23.0. The number of rotatable bonds is 3. The number of carbonyl (C=O) groups excluding carboxylic acids is 1. The number of benzene rings is 1. The van der Waals surface area contributed by atoms with Crippen LogP contribution in [0.3, 0.4) is 0 Å². The molecule has 0 radical (unpaired) electrons. The van der Waals surface area contributed by atoms with E-state index in [-0.39, 0.29) is 23.7 Å². The second-order valence-corrected chi connectivity index (χ2v) is 10.8. The van der Waals surface area contributed by atoms with Gasteiger partial charge in [0.15, 0.2) is 5.58 Å². The first-order chi connectivity index (χ1) is 15.0. The van der Waals surface area contributed by atoms with Crippen LogP contribution in [0.2, 0.25) is 0 Å². The summed E-state index contributed by atoms with van der Waals surface area (Å²) in [5.74, 6) is -0.720. The molecule has 4 rings (SSSR count). The normalized spacial score (nSPS) is 18.8. The molecule has 2 aliphatic rings. The van der Waals surface area contributed by atoms with Crippen LogP contribution < -0.4 is 10.9 Å². The van der Waals surface area contributed by atoms with E-state index in [1.807, 2.05) is 12.1 Å². The summed E-state index contributed by atoms with van der Waals surface area (Å²) in [5.41, 5.74) is -0.308. The Morgan fingerprint density at radius 2 is 1.68 bits per heavy atom. The maximum atomic E-state index is 13.0. The molecule has 2 saturated carbocycles. The van der Waals surface area contributed by atoms with Gasteiger partial charge in [-0.1, -0.05) is 38.5 Å². The molecule has 0 spiro atoms. The first-order valence-corrected chi connectivity index (χ1v) is 13.1. The Kier molecular flexibility index (Phi) is 7.89. The van der Waals surface area contributed by atoms with Gasteiger partial charge in [-0.2, -0.15) is 0 Å². The smallest absolute Gasteiger partial charge is 0.353 e. The van der Waals surface area contributed by atoms with Crippen LogP contribution in [0, 0.1) is 7.14 Å². The Morgan fingerprint density at radius 3 is 2.39 bits per heavy atom. The van der Waals surface area contributed by atoms with Gasteiger partial charge >= 0.3 is 11.6 Å². The van der Waals surface area contributed by atoms with Gasteiger partial charge in [0.05, 0.1) is 9.61 Å². The van der Waals surface area contributed by atoms with E-state index >= 15 is 0 Å². The molecule has 0 atom stereocenters. The second-order valence-electron chi connectivity index (χ2n) is 8.35. The molecule has 2 aromatic rings. The van der Waals surface area contributed by atoms with Gasteiger partial charge in [0.25, 0.3) is 6.02 Å². The molecule has 0 saturated heterocycles. The molecule has 0 unspecified atom stereocenters. The lowest BCUT2D eigenvalue weighted by Gasteiger charge is -2.25. The van der Waals surface area contributed by atoms with Crippen LogP contribution in [0.15, 0.2) is 32.4 Å². The Morgan fingerprint density at radius 1 is 1.00 bits per heavy atom. The summed E-state index contributed by atoms with van der Waals surface area (Å²) in [4.78, 5) is 30.2. The number of hydrogen-bond donors (Lipinski definition) is 1. The Balaban J connectivity index is 1.59. The molecule has 166 valence electrons. The molecule has 31 heavy (non-hydrogen) atoms. The van der Waals surface area contributed by atoms with Crippen LogP contribution >= 0.6 is 45.2 Å². The van der Waals surface area contributed by atoms with Crippen molar-refractivity contribution in [2.75, 3.05) is 0 Å². The number of carbonyl (C=O) groups is 1. The van der Waals surface area contributed by atoms with Gasteiger partial charge in [0, 0.05) is 15.0 Å². The molecule has 1 N–H and O–H groups in total. The molecule has 1 aromatic carbocycles. The minimum Gasteiger partial charge on any atom is -0.421 e. The van der Waals surface area contributed by atoms with Crippen molar-refractivity contribution in [3.8, 4) is 0 Å². The minimum absolute atomic E-state index is 0.105. The van der Waals surface area contributed by atoms with Gasteiger partial charge in [-0.05, 0) is 89.1 Å². The summed E-state index contributed by atoms with van der Waals surface area (Å²) in [6, 6.07) is 6.03. The second kappa shape index (κ2) is 10.6. The van der Waals surface area contributed by atoms with Gasteiger partial charge in [0.1, 0.15) is 5.56 Å². The average molecular weight is 648 g/mol. The lowest BCUT2D eigenvalue weighted by molar-refractivity contribution is 0.0699. The van der Waals surface area contributed by atoms with Crippen molar-refractivity contribution < 1.29 is 13.9 Å². The zero-order chi connectivity index (χ0) is 21.8. The predicted molar refractivity (Wildman–Crippen MR) is 138 cm³/mol. The first-order valence-electron chi connectivity index (χ1n) is 11.0. The molecule has 1 heterocycles. The van der Waals surface area contributed by atoms with Crippen LogP contribution in [0.1, 0.15) is 74.6 Å². The van der Waals surface area contributed by atoms with E-state index in [2.05, 4.69) is 50.5 Å². The van der Waals surface area contributed by atoms with Crippen molar-refractivity contribution in [3.63, 3.8) is 0 Å². The van der Waals surface area contributed by atoms with E-state index in [4.69, 9.17) is 14.1 Å². The molecule has 2 fully saturated rings. The highest BCUT2D eigenvalue weighted by Gasteiger charge is 2.23. The van der Waals surface area contributed by atoms with E-state index in [9.17, 15) is 9.59 Å². The van der Waals surface area contributed by atoms with Crippen LogP contribution in [0.4, 0.5) is 0 Å². The van der Waals surface area contributed by atoms with Crippen LogP contribution in [-0.4, -0.2) is 24.1 Å². The van der Waals surface area contributed by atoms with Crippen LogP contribution in [-0.2, 0) is 4.74 Å². The summed E-state index contributed by atoms with van der Waals surface area (Å²) in [6.45, 7) is 0. The molecule has 0 aliphatic heterocycles. The van der Waals surface area contributed by atoms with E-state index in [1.165, 1.54) is 12.8 Å². The number of nitrogens with zero attached hydrogens (tertiary/aromatic N) is 1. The fourth-order valence-corrected chi connectivity index (χ4v) is 6.33. The van der Waals surface area contributed by atoms with Crippen molar-refractivity contribution in [2.24, 2.45) is 4.99 Å². The zero-order valence-electron chi connectivity index (χ0n) is 17.3. The molecular formula is C23H26I2N2O4. The highest BCUT2D eigenvalue weighted by molar-refractivity contribution is 14.1. The third-order valence-corrected chi connectivity index (χ3v) is 7.39. The largest absolute Gasteiger partial charge is 0.421 e. The fraction of sp³-hybridized carbons (Fsp3) is 0.522. The Bertz CT molecular complexity index is 1040. The molecule has 2 aliphatic carbocycles. The molecular weight excluding hydrogens is 622 g/mol. The molecule has 6 nitrogen and oxygen atoms in total. The summed E-state index contributed by atoms with van der Waals surface area (Å²) in [5, 5.41) is 4.05. The standard InChI is InChI=1S/C23H26I2N2O4/c24-15-11-14-12-18(21(28)30-20(14)19(25)13-15)22(29)31-23(26-16-7-3-1-4-8-16)27-17-9-5-2-6-10-17/h11-13,16-17H,1-10H2,(H,26,27). The van der Waals surface area contributed by atoms with Gasteiger partial charge < -0.3 is 14.5 Å². The Labute approximate surface area is 208 Å². The number of amidine groups is 1. The maximum Gasteiger partial charge on any atom is 0.353 e. The van der Waals surface area contributed by atoms with E-state index in [0.717, 1.165) is 58.5 Å². The third kappa shape index (κ3) is 6.00. The predicted octanol–water partition coefficient (Wildman–Crippen LogP) is 5.77. The number of ether oxygens (including phenoxy) is 1. The molecule has 8 heteroatoms. The fourth-order valence-electron chi connectivity index (χ4n) is 4.33. The summed E-state index contributed by atoms with van der Waals surface area (Å²) in [7, 11) is 0. The molecule has 0 bridgehead atoms. The third-order valence-electron chi connectivity index (χ3n) is 5.97. The van der Waals surface area contributed by atoms with Crippen molar-refractivity contribution in [2.45, 2.75) is 76.3 Å². The van der Waals surface area contributed by atoms with Gasteiger partial charge in [0.2, 0.25) is 0 Å². The monoisotopic (exact) mass is 648 g/mol. The van der Waals surface area contributed by atoms with Crippen LogP contribution in [0.25, 0.3) is 11.0 Å². The van der Waals surface area contributed by atoms with E-state index < -0.39 is 11.6 Å². The number of hydrogen-bond acceptors (Lipinski definition) is 5. The van der Waals surface area contributed by atoms with Crippen molar-refractivity contribution in [3.05, 3.63) is 41.3 Å². The van der Waals surface area contributed by atoms with Gasteiger partial charge in [-0.25, -0.2) is 14.6 Å². The number of esters is 1. The van der Waals surface area contributed by atoms with E-state index in [0.29, 0.717) is 11.0 Å². The van der Waals surface area contributed by atoms with Crippen molar-refractivity contribution in [1.82, 2.24) is 5.32 Å². The van der Waals surface area contributed by atoms with Gasteiger partial charge in [-0.15, -0.1) is 0 Å². The lowest BCUT2D eigenvalue weighted by atomic mass is 9.95. The summed E-state index contributed by atoms with van der Waals surface area (Å²) < 4.78 is 13.0. The summed E-state index contributed by atoms with van der Waals surface area (Å²) >= 11 is 4.33. The zero-order valence-corrected chi connectivity index (χ0v) is 21.6. The number of halogens is 2. The number of aliphatic imine (C=N–C) groups is 1. The quantitative estimate of drug-likeness (QED) is 0.150. The number of nitrogens with one attached hydrogen (secondary N) is 1. The highest BCUT2D eigenvalue weighted by Crippen LogP contribution is 2.24. The van der Waals surface area contributed by atoms with E-state index in [1.54, 1.807) is 6.07 Å². The van der Waals surface area contributed by atoms with Gasteiger partial charge in [-0.3, -0.25) is 0 Å². The molecule has 0 amide bonds. The number of fused-ring (bicyclic) bond motifs is 1. The minimum atomic E-state index is -0.720. The highest BCUT2D eigenvalue weighted by atomic mass is 127. The Hall–Kier alpha value is -1.17. The topological polar surface area (TPSA) is 80.9 Å². The average Bonchev–Trinajstić information content (AvgIpc) is 2.75. The lowest BCUT2D eigenvalue weighted by Crippen LogP contribution is -2.40. The SMILES string of the molecule is O=C(OC(=NC1CCCCC1)NC1CCCCC1)c1cc2cc(I)cc(I)c2oc1=O.